The van der Waals surface area contributed by atoms with Gasteiger partial charge in [-0.2, -0.15) is 0 Å². The number of nitrogens with two attached hydrogens (primary N) is 1. The van der Waals surface area contributed by atoms with Crippen molar-refractivity contribution in [2.45, 2.75) is 37.8 Å². The highest BCUT2D eigenvalue weighted by molar-refractivity contribution is 7.91. The summed E-state index contributed by atoms with van der Waals surface area (Å²) in [5.41, 5.74) is 6.09. The molecule has 2 fully saturated rings. The van der Waals surface area contributed by atoms with Gasteiger partial charge in [0.05, 0.1) is 11.5 Å². The van der Waals surface area contributed by atoms with E-state index in [-0.39, 0.29) is 6.04 Å². The molecular weight excluding hydrogens is 212 g/mol. The second-order valence-corrected chi connectivity index (χ2v) is 7.01. The van der Waals surface area contributed by atoms with Crippen molar-refractivity contribution in [2.75, 3.05) is 24.6 Å². The Morgan fingerprint density at radius 2 is 1.67 bits per heavy atom. The molecule has 2 aliphatic rings. The van der Waals surface area contributed by atoms with Crippen LogP contribution in [0, 0.1) is 0 Å². The van der Waals surface area contributed by atoms with Crippen molar-refractivity contribution in [1.29, 1.82) is 0 Å². The third-order valence-electron chi connectivity index (χ3n) is 3.63. The van der Waals surface area contributed by atoms with Gasteiger partial charge in [0.25, 0.3) is 0 Å². The lowest BCUT2D eigenvalue weighted by molar-refractivity contribution is 0.148. The molecule has 1 saturated carbocycles. The molecule has 0 aromatic heterocycles. The highest BCUT2D eigenvalue weighted by atomic mass is 32.2. The molecule has 0 amide bonds. The molecule has 1 aliphatic heterocycles. The van der Waals surface area contributed by atoms with Crippen LogP contribution in [0.1, 0.15) is 25.7 Å². The molecule has 0 bridgehead atoms. The van der Waals surface area contributed by atoms with E-state index in [1.807, 2.05) is 0 Å². The summed E-state index contributed by atoms with van der Waals surface area (Å²) in [7, 11) is -2.75. The van der Waals surface area contributed by atoms with E-state index in [4.69, 9.17) is 5.73 Å². The first-order valence-corrected chi connectivity index (χ1v) is 7.61. The van der Waals surface area contributed by atoms with Crippen LogP contribution in [-0.4, -0.2) is 50.0 Å². The van der Waals surface area contributed by atoms with Gasteiger partial charge in [-0.25, -0.2) is 8.42 Å². The Labute approximate surface area is 91.7 Å². The molecule has 1 aliphatic carbocycles. The molecular formula is C10H20N2O2S. The Morgan fingerprint density at radius 1 is 1.07 bits per heavy atom. The normalized spacial score (nSPS) is 37.7. The quantitative estimate of drug-likeness (QED) is 0.690. The molecule has 0 spiro atoms. The maximum Gasteiger partial charge on any atom is 0.152 e. The molecule has 0 aromatic carbocycles. The molecule has 2 rings (SSSR count). The van der Waals surface area contributed by atoms with Crippen LogP contribution in [0.2, 0.25) is 0 Å². The lowest BCUT2D eigenvalue weighted by Gasteiger charge is -2.40. The van der Waals surface area contributed by atoms with E-state index in [1.54, 1.807) is 0 Å². The Balaban J connectivity index is 1.94. The van der Waals surface area contributed by atoms with E-state index < -0.39 is 9.84 Å². The molecule has 88 valence electrons. The summed E-state index contributed by atoms with van der Waals surface area (Å²) in [5.74, 6) is 0.631. The number of hydrogen-bond acceptors (Lipinski definition) is 4. The van der Waals surface area contributed by atoms with Crippen LogP contribution in [-0.2, 0) is 9.84 Å². The van der Waals surface area contributed by atoms with Gasteiger partial charge in [0, 0.05) is 25.2 Å². The van der Waals surface area contributed by atoms with E-state index in [0.29, 0.717) is 30.6 Å². The summed E-state index contributed by atoms with van der Waals surface area (Å²) in [5, 5.41) is 0. The van der Waals surface area contributed by atoms with Crippen LogP contribution in [0.15, 0.2) is 0 Å². The van der Waals surface area contributed by atoms with Crippen molar-refractivity contribution in [3.8, 4) is 0 Å². The Kier molecular flexibility index (Phi) is 3.33. The number of sulfone groups is 1. The van der Waals surface area contributed by atoms with Gasteiger partial charge in [0.15, 0.2) is 9.84 Å². The van der Waals surface area contributed by atoms with Crippen molar-refractivity contribution in [1.82, 2.24) is 4.90 Å². The SMILES string of the molecule is N[C@@H]1CCCC[C@H]1N1CCS(=O)(=O)CC1. The lowest BCUT2D eigenvalue weighted by Crippen LogP contribution is -2.54. The maximum atomic E-state index is 11.3. The summed E-state index contributed by atoms with van der Waals surface area (Å²) < 4.78 is 22.6. The van der Waals surface area contributed by atoms with Gasteiger partial charge < -0.3 is 5.73 Å². The third-order valence-corrected chi connectivity index (χ3v) is 5.24. The molecule has 5 heteroatoms. The molecule has 0 aromatic rings. The standard InChI is InChI=1S/C10H20N2O2S/c11-9-3-1-2-4-10(9)12-5-7-15(13,14)8-6-12/h9-10H,1-8,11H2/t9-,10-/m1/s1. The Bertz CT molecular complexity index is 301. The average Bonchev–Trinajstić information content (AvgIpc) is 2.19. The number of rotatable bonds is 1. The highest BCUT2D eigenvalue weighted by Gasteiger charge is 2.31. The molecule has 2 atom stereocenters. The van der Waals surface area contributed by atoms with Crippen molar-refractivity contribution in [3.63, 3.8) is 0 Å². The minimum atomic E-state index is -2.75. The van der Waals surface area contributed by atoms with Gasteiger partial charge in [0.2, 0.25) is 0 Å². The van der Waals surface area contributed by atoms with Crippen molar-refractivity contribution < 1.29 is 8.42 Å². The van der Waals surface area contributed by atoms with E-state index in [9.17, 15) is 8.42 Å². The largest absolute Gasteiger partial charge is 0.326 e. The summed E-state index contributed by atoms with van der Waals surface area (Å²) in [6, 6.07) is 0.675. The first kappa shape index (κ1) is 11.4. The van der Waals surface area contributed by atoms with Gasteiger partial charge >= 0.3 is 0 Å². The van der Waals surface area contributed by atoms with Crippen molar-refractivity contribution in [3.05, 3.63) is 0 Å². The zero-order valence-corrected chi connectivity index (χ0v) is 9.88. The molecule has 4 nitrogen and oxygen atoms in total. The summed E-state index contributed by atoms with van der Waals surface area (Å²) >= 11 is 0. The fourth-order valence-corrected chi connectivity index (χ4v) is 3.88. The smallest absolute Gasteiger partial charge is 0.152 e. The van der Waals surface area contributed by atoms with Crippen LogP contribution in [0.3, 0.4) is 0 Å². The lowest BCUT2D eigenvalue weighted by atomic mass is 9.90. The number of hydrogen-bond donors (Lipinski definition) is 1. The minimum Gasteiger partial charge on any atom is -0.326 e. The fraction of sp³-hybridized carbons (Fsp3) is 1.00. The zero-order valence-electron chi connectivity index (χ0n) is 9.06. The van der Waals surface area contributed by atoms with Gasteiger partial charge in [-0.3, -0.25) is 4.90 Å². The third kappa shape index (κ3) is 2.71. The predicted molar refractivity (Wildman–Crippen MR) is 60.5 cm³/mol. The van der Waals surface area contributed by atoms with Gasteiger partial charge in [-0.1, -0.05) is 12.8 Å². The average molecular weight is 232 g/mol. The van der Waals surface area contributed by atoms with Crippen LogP contribution >= 0.6 is 0 Å². The maximum absolute atomic E-state index is 11.3. The topological polar surface area (TPSA) is 63.4 Å². The molecule has 0 radical (unpaired) electrons. The van der Waals surface area contributed by atoms with E-state index in [2.05, 4.69) is 4.90 Å². The minimum absolute atomic E-state index is 0.250. The Morgan fingerprint density at radius 3 is 2.27 bits per heavy atom. The second kappa shape index (κ2) is 4.39. The van der Waals surface area contributed by atoms with Crippen LogP contribution in [0.5, 0.6) is 0 Å². The molecule has 1 saturated heterocycles. The van der Waals surface area contributed by atoms with Crippen LogP contribution < -0.4 is 5.73 Å². The van der Waals surface area contributed by atoms with Crippen molar-refractivity contribution in [2.24, 2.45) is 5.73 Å². The van der Waals surface area contributed by atoms with Crippen LogP contribution in [0.25, 0.3) is 0 Å². The molecule has 1 heterocycles. The van der Waals surface area contributed by atoms with Gasteiger partial charge in [-0.05, 0) is 12.8 Å². The summed E-state index contributed by atoms with van der Waals surface area (Å²) in [6.45, 7) is 1.36. The molecule has 15 heavy (non-hydrogen) atoms. The van der Waals surface area contributed by atoms with Crippen LogP contribution in [0.4, 0.5) is 0 Å². The summed E-state index contributed by atoms with van der Waals surface area (Å²) in [4.78, 5) is 2.28. The van der Waals surface area contributed by atoms with E-state index in [0.717, 1.165) is 12.8 Å². The highest BCUT2D eigenvalue weighted by Crippen LogP contribution is 2.23. The first-order valence-electron chi connectivity index (χ1n) is 5.78. The predicted octanol–water partition coefficient (Wildman–Crippen LogP) is -0.0133. The van der Waals surface area contributed by atoms with Crippen molar-refractivity contribution >= 4 is 9.84 Å². The monoisotopic (exact) mass is 232 g/mol. The second-order valence-electron chi connectivity index (χ2n) is 4.70. The number of nitrogens with zero attached hydrogens (tertiary/aromatic N) is 1. The molecule has 0 unspecified atom stereocenters. The van der Waals surface area contributed by atoms with Gasteiger partial charge in [0.1, 0.15) is 0 Å². The zero-order chi connectivity index (χ0) is 10.9. The van der Waals surface area contributed by atoms with E-state index in [1.165, 1.54) is 12.8 Å². The Hall–Kier alpha value is -0.130. The van der Waals surface area contributed by atoms with E-state index >= 15 is 0 Å². The van der Waals surface area contributed by atoms with Gasteiger partial charge in [-0.15, -0.1) is 0 Å². The summed E-state index contributed by atoms with van der Waals surface area (Å²) in [6.07, 6.45) is 4.69. The first-order chi connectivity index (χ1) is 7.08. The fourth-order valence-electron chi connectivity index (χ4n) is 2.65. The molecule has 2 N–H and O–H groups in total.